The van der Waals surface area contributed by atoms with Crippen LogP contribution in [0.2, 0.25) is 0 Å². The highest BCUT2D eigenvalue weighted by molar-refractivity contribution is 7.85. The van der Waals surface area contributed by atoms with Gasteiger partial charge in [0, 0.05) is 11.9 Å². The molecule has 0 atom stereocenters. The Balaban J connectivity index is 3.47. The Morgan fingerprint density at radius 2 is 2.00 bits per heavy atom. The van der Waals surface area contributed by atoms with Gasteiger partial charge in [0.25, 0.3) is 10.1 Å². The van der Waals surface area contributed by atoms with E-state index in [9.17, 15) is 8.42 Å². The van der Waals surface area contributed by atoms with Crippen LogP contribution in [-0.4, -0.2) is 18.0 Å². The highest BCUT2D eigenvalue weighted by Gasteiger charge is 2.13. The van der Waals surface area contributed by atoms with Gasteiger partial charge in [-0.05, 0) is 25.5 Å². The molecular formula is C7H9NO3S. The van der Waals surface area contributed by atoms with Crippen LogP contribution in [0.15, 0.2) is 17.2 Å². The first-order valence-electron chi connectivity index (χ1n) is 3.32. The molecule has 0 saturated carbocycles. The predicted molar refractivity (Wildman–Crippen MR) is 43.5 cm³/mol. The minimum Gasteiger partial charge on any atom is -0.282 e. The quantitative estimate of drug-likeness (QED) is 0.664. The minimum atomic E-state index is -4.10. The SMILES string of the molecule is Cc1nccc(S(=O)(=O)O)c1C. The summed E-state index contributed by atoms with van der Waals surface area (Å²) >= 11 is 0. The van der Waals surface area contributed by atoms with Crippen LogP contribution < -0.4 is 0 Å². The van der Waals surface area contributed by atoms with E-state index in [-0.39, 0.29) is 4.90 Å². The van der Waals surface area contributed by atoms with E-state index in [1.807, 2.05) is 0 Å². The van der Waals surface area contributed by atoms with E-state index in [4.69, 9.17) is 4.55 Å². The number of hydrogen-bond donors (Lipinski definition) is 1. The molecule has 1 heterocycles. The van der Waals surface area contributed by atoms with Gasteiger partial charge in [0.15, 0.2) is 0 Å². The van der Waals surface area contributed by atoms with E-state index in [1.165, 1.54) is 12.3 Å². The van der Waals surface area contributed by atoms with Crippen molar-refractivity contribution in [1.29, 1.82) is 0 Å². The summed E-state index contributed by atoms with van der Waals surface area (Å²) in [5.41, 5.74) is 1.09. The first kappa shape index (κ1) is 9.15. The summed E-state index contributed by atoms with van der Waals surface area (Å²) < 4.78 is 30.2. The standard InChI is InChI=1S/C7H9NO3S/c1-5-6(2)8-4-3-7(5)12(9,10)11/h3-4H,1-2H3,(H,9,10,11). The van der Waals surface area contributed by atoms with Gasteiger partial charge in [-0.2, -0.15) is 8.42 Å². The molecule has 0 amide bonds. The van der Waals surface area contributed by atoms with Gasteiger partial charge in [-0.25, -0.2) is 0 Å². The largest absolute Gasteiger partial charge is 0.294 e. The average molecular weight is 187 g/mol. The normalized spacial score (nSPS) is 11.6. The highest BCUT2D eigenvalue weighted by atomic mass is 32.2. The zero-order valence-corrected chi connectivity index (χ0v) is 7.59. The molecule has 12 heavy (non-hydrogen) atoms. The van der Waals surface area contributed by atoms with Gasteiger partial charge in [0.2, 0.25) is 0 Å². The summed E-state index contributed by atoms with van der Waals surface area (Å²) in [6.45, 7) is 3.29. The maximum absolute atomic E-state index is 10.7. The topological polar surface area (TPSA) is 67.3 Å². The van der Waals surface area contributed by atoms with Crippen molar-refractivity contribution in [1.82, 2.24) is 4.98 Å². The van der Waals surface area contributed by atoms with Gasteiger partial charge in [-0.15, -0.1) is 0 Å². The monoisotopic (exact) mass is 187 g/mol. The smallest absolute Gasteiger partial charge is 0.282 e. The summed E-state index contributed by atoms with van der Waals surface area (Å²) in [4.78, 5) is 3.80. The summed E-state index contributed by atoms with van der Waals surface area (Å²) in [6, 6.07) is 1.28. The Kier molecular flexibility index (Phi) is 2.16. The molecule has 1 N–H and O–H groups in total. The van der Waals surface area contributed by atoms with Crippen molar-refractivity contribution in [3.05, 3.63) is 23.5 Å². The first-order chi connectivity index (χ1) is 5.43. The van der Waals surface area contributed by atoms with E-state index >= 15 is 0 Å². The average Bonchev–Trinajstić information content (AvgIpc) is 1.92. The molecular weight excluding hydrogens is 178 g/mol. The molecule has 0 aliphatic heterocycles. The van der Waals surface area contributed by atoms with Crippen LogP contribution in [0.4, 0.5) is 0 Å². The fourth-order valence-corrected chi connectivity index (χ4v) is 1.66. The lowest BCUT2D eigenvalue weighted by Crippen LogP contribution is -2.02. The molecule has 0 bridgehead atoms. The lowest BCUT2D eigenvalue weighted by atomic mass is 10.2. The second-order valence-electron chi connectivity index (χ2n) is 2.49. The second kappa shape index (κ2) is 2.84. The summed E-state index contributed by atoms with van der Waals surface area (Å²) in [6.07, 6.45) is 1.35. The number of aryl methyl sites for hydroxylation is 1. The molecule has 4 nitrogen and oxygen atoms in total. The zero-order chi connectivity index (χ0) is 9.35. The fraction of sp³-hybridized carbons (Fsp3) is 0.286. The van der Waals surface area contributed by atoms with Gasteiger partial charge in [0.1, 0.15) is 4.90 Å². The number of nitrogens with zero attached hydrogens (tertiary/aromatic N) is 1. The van der Waals surface area contributed by atoms with Crippen molar-refractivity contribution in [3.8, 4) is 0 Å². The number of rotatable bonds is 1. The van der Waals surface area contributed by atoms with Gasteiger partial charge < -0.3 is 0 Å². The molecule has 0 saturated heterocycles. The first-order valence-corrected chi connectivity index (χ1v) is 4.76. The van der Waals surface area contributed by atoms with Gasteiger partial charge in [0.05, 0.1) is 0 Å². The number of aromatic nitrogens is 1. The van der Waals surface area contributed by atoms with E-state index in [0.29, 0.717) is 11.3 Å². The molecule has 0 aliphatic rings. The van der Waals surface area contributed by atoms with Crippen LogP contribution >= 0.6 is 0 Å². The second-order valence-corrected chi connectivity index (χ2v) is 3.88. The summed E-state index contributed by atoms with van der Waals surface area (Å²) in [5.74, 6) is 0. The van der Waals surface area contributed by atoms with Crippen molar-refractivity contribution < 1.29 is 13.0 Å². The molecule has 0 unspecified atom stereocenters. The third kappa shape index (κ3) is 1.62. The van der Waals surface area contributed by atoms with Crippen molar-refractivity contribution in [2.24, 2.45) is 0 Å². The zero-order valence-electron chi connectivity index (χ0n) is 6.77. The highest BCUT2D eigenvalue weighted by Crippen LogP contribution is 2.15. The van der Waals surface area contributed by atoms with Crippen LogP contribution in [0, 0.1) is 13.8 Å². The summed E-state index contributed by atoms with van der Waals surface area (Å²) in [5, 5.41) is 0. The lowest BCUT2D eigenvalue weighted by molar-refractivity contribution is 0.482. The number of hydrogen-bond acceptors (Lipinski definition) is 3. The minimum absolute atomic E-state index is 0.0741. The Bertz CT molecular complexity index is 397. The molecule has 0 aromatic carbocycles. The van der Waals surface area contributed by atoms with E-state index < -0.39 is 10.1 Å². The lowest BCUT2D eigenvalue weighted by Gasteiger charge is -2.03. The van der Waals surface area contributed by atoms with Gasteiger partial charge >= 0.3 is 0 Å². The third-order valence-electron chi connectivity index (χ3n) is 1.68. The van der Waals surface area contributed by atoms with Crippen molar-refractivity contribution in [3.63, 3.8) is 0 Å². The van der Waals surface area contributed by atoms with Crippen LogP contribution in [0.1, 0.15) is 11.3 Å². The Labute approximate surface area is 71.0 Å². The number of pyridine rings is 1. The molecule has 1 aromatic rings. The molecule has 5 heteroatoms. The van der Waals surface area contributed by atoms with Crippen LogP contribution in [0.3, 0.4) is 0 Å². The third-order valence-corrected chi connectivity index (χ3v) is 2.68. The summed E-state index contributed by atoms with van der Waals surface area (Å²) in [7, 11) is -4.10. The van der Waals surface area contributed by atoms with E-state index in [1.54, 1.807) is 13.8 Å². The molecule has 1 rings (SSSR count). The fourth-order valence-electron chi connectivity index (χ4n) is 0.896. The van der Waals surface area contributed by atoms with Crippen molar-refractivity contribution in [2.75, 3.05) is 0 Å². The predicted octanol–water partition coefficient (Wildman–Crippen LogP) is 0.945. The van der Waals surface area contributed by atoms with Gasteiger partial charge in [-0.3, -0.25) is 9.54 Å². The molecule has 1 aromatic heterocycles. The Hall–Kier alpha value is -0.940. The van der Waals surface area contributed by atoms with E-state index in [2.05, 4.69) is 4.98 Å². The van der Waals surface area contributed by atoms with E-state index in [0.717, 1.165) is 0 Å². The maximum Gasteiger partial charge on any atom is 0.294 e. The molecule has 0 spiro atoms. The Morgan fingerprint density at radius 3 is 2.42 bits per heavy atom. The van der Waals surface area contributed by atoms with Crippen molar-refractivity contribution in [2.45, 2.75) is 18.7 Å². The molecule has 0 aliphatic carbocycles. The van der Waals surface area contributed by atoms with Crippen LogP contribution in [0.25, 0.3) is 0 Å². The van der Waals surface area contributed by atoms with Gasteiger partial charge in [-0.1, -0.05) is 0 Å². The molecule has 66 valence electrons. The Morgan fingerprint density at radius 1 is 1.42 bits per heavy atom. The van der Waals surface area contributed by atoms with Crippen LogP contribution in [0.5, 0.6) is 0 Å². The van der Waals surface area contributed by atoms with Crippen LogP contribution in [-0.2, 0) is 10.1 Å². The maximum atomic E-state index is 10.7. The van der Waals surface area contributed by atoms with Crippen molar-refractivity contribution >= 4 is 10.1 Å². The molecule has 0 radical (unpaired) electrons. The molecule has 0 fully saturated rings.